The summed E-state index contributed by atoms with van der Waals surface area (Å²) < 4.78 is 8.06. The third-order valence-electron chi connectivity index (χ3n) is 1.51. The van der Waals surface area contributed by atoms with Crippen LogP contribution in [0.4, 0.5) is 0 Å². The van der Waals surface area contributed by atoms with Crippen LogP contribution >= 0.6 is 0 Å². The Balaban J connectivity index is -0.000000720. The summed E-state index contributed by atoms with van der Waals surface area (Å²) in [5.74, 6) is 1.51. The van der Waals surface area contributed by atoms with Gasteiger partial charge in [-0.2, -0.15) is 0 Å². The molecule has 0 spiro atoms. The number of nitrogens with zero attached hydrogens (tertiary/aromatic N) is 1. The molecular weight excluding hydrogens is 269 g/mol. The normalized spacial score (nSPS) is 9.87. The van der Waals surface area contributed by atoms with Crippen molar-refractivity contribution in [2.24, 2.45) is 11.8 Å². The van der Waals surface area contributed by atoms with Gasteiger partial charge in [0.15, 0.2) is 0 Å². The molecule has 0 radical (unpaired) electrons. The molecule has 0 bridgehead atoms. The topological polar surface area (TPSA) is 12.5 Å². The minimum atomic E-state index is -0.306. The molecule has 92 valence electrons. The summed E-state index contributed by atoms with van der Waals surface area (Å²) in [6, 6.07) is 0. The molecule has 0 N–H and O–H groups in total. The molecule has 0 rings (SSSR count). The van der Waals surface area contributed by atoms with Gasteiger partial charge in [-0.15, -0.1) is 0 Å². The Kier molecular flexibility index (Phi) is 19.0. The van der Waals surface area contributed by atoms with Gasteiger partial charge in [-0.25, -0.2) is 0 Å². The SMILES string of the molecule is CC[O][Ti+2][N](CC(C)C)CC(C)C.[Cl-].[Cl-]. The van der Waals surface area contributed by atoms with Gasteiger partial charge in [-0.1, -0.05) is 0 Å². The number of rotatable bonds is 7. The predicted molar refractivity (Wildman–Crippen MR) is 52.9 cm³/mol. The third kappa shape index (κ3) is 15.2. The van der Waals surface area contributed by atoms with Crippen LogP contribution in [0.25, 0.3) is 0 Å². The Morgan fingerprint density at radius 1 is 1.00 bits per heavy atom. The van der Waals surface area contributed by atoms with Gasteiger partial charge in [-0.3, -0.25) is 0 Å². The number of halogens is 2. The van der Waals surface area contributed by atoms with Gasteiger partial charge >= 0.3 is 92.6 Å². The first kappa shape index (κ1) is 21.5. The van der Waals surface area contributed by atoms with Gasteiger partial charge in [0, 0.05) is 0 Å². The molecule has 0 atom stereocenters. The standard InChI is InChI=1S/C8H18N.C2H5O.2ClH.Ti/c1-7(2)5-9-6-8(3)4;1-2-3;;;/h7-8H,5-6H2,1-4H3;2H2,1H3;2*1H;/q2*-1;;;+4/p-2. The first-order valence-corrected chi connectivity index (χ1v) is 6.52. The molecular formula is C10H23Cl2NOTi. The van der Waals surface area contributed by atoms with E-state index in [0.717, 1.165) is 18.4 Å². The molecule has 0 aromatic rings. The van der Waals surface area contributed by atoms with Crippen LogP contribution in [0.3, 0.4) is 0 Å². The second kappa shape index (κ2) is 13.3. The van der Waals surface area contributed by atoms with E-state index in [2.05, 4.69) is 38.0 Å². The fourth-order valence-electron chi connectivity index (χ4n) is 1.19. The summed E-state index contributed by atoms with van der Waals surface area (Å²) in [6.45, 7) is 14.4. The zero-order valence-corrected chi connectivity index (χ0v) is 13.5. The van der Waals surface area contributed by atoms with Gasteiger partial charge in [0.25, 0.3) is 0 Å². The van der Waals surface area contributed by atoms with Crippen molar-refractivity contribution in [2.75, 3.05) is 19.7 Å². The van der Waals surface area contributed by atoms with E-state index in [1.807, 2.05) is 0 Å². The minimum absolute atomic E-state index is 0. The Hall–Kier alpha value is 1.21. The predicted octanol–water partition coefficient (Wildman–Crippen LogP) is -3.44. The van der Waals surface area contributed by atoms with Crippen LogP contribution < -0.4 is 24.8 Å². The van der Waals surface area contributed by atoms with E-state index in [9.17, 15) is 0 Å². The van der Waals surface area contributed by atoms with Crippen LogP contribution in [0, 0.1) is 11.8 Å². The van der Waals surface area contributed by atoms with Gasteiger partial charge in [0.05, 0.1) is 0 Å². The van der Waals surface area contributed by atoms with Crippen LogP contribution in [0.1, 0.15) is 34.6 Å². The van der Waals surface area contributed by atoms with Crippen molar-refractivity contribution in [3.05, 3.63) is 0 Å². The summed E-state index contributed by atoms with van der Waals surface area (Å²) in [7, 11) is 0. The van der Waals surface area contributed by atoms with Crippen LogP contribution in [0.5, 0.6) is 0 Å². The van der Waals surface area contributed by atoms with E-state index in [4.69, 9.17) is 3.32 Å². The average Bonchev–Trinajstić information content (AvgIpc) is 1.98. The van der Waals surface area contributed by atoms with E-state index >= 15 is 0 Å². The zero-order chi connectivity index (χ0) is 10.3. The molecule has 15 heavy (non-hydrogen) atoms. The van der Waals surface area contributed by atoms with E-state index in [-0.39, 0.29) is 44.6 Å². The second-order valence-electron chi connectivity index (χ2n) is 4.22. The molecule has 0 amide bonds. The van der Waals surface area contributed by atoms with Crippen molar-refractivity contribution < 1.29 is 47.9 Å². The number of hydrogen-bond acceptors (Lipinski definition) is 2. The molecule has 0 unspecified atom stereocenters. The molecule has 0 aliphatic rings. The van der Waals surface area contributed by atoms with E-state index in [0.29, 0.717) is 0 Å². The number of hydrogen-bond donors (Lipinski definition) is 0. The molecule has 0 fully saturated rings. The first-order chi connectivity index (χ1) is 6.06. The fraction of sp³-hybridized carbons (Fsp3) is 1.00. The van der Waals surface area contributed by atoms with Crippen LogP contribution in [-0.4, -0.2) is 23.1 Å². The molecule has 0 heterocycles. The maximum atomic E-state index is 5.55. The quantitative estimate of drug-likeness (QED) is 0.453. The molecule has 2 nitrogen and oxygen atoms in total. The van der Waals surface area contributed by atoms with Gasteiger partial charge in [0.1, 0.15) is 0 Å². The van der Waals surface area contributed by atoms with Crippen molar-refractivity contribution >= 4 is 0 Å². The van der Waals surface area contributed by atoms with Crippen molar-refractivity contribution in [2.45, 2.75) is 34.6 Å². The Bertz CT molecular complexity index is 116. The smallest absolute Gasteiger partial charge is 1.00 e. The van der Waals surface area contributed by atoms with Crippen molar-refractivity contribution in [1.29, 1.82) is 0 Å². The van der Waals surface area contributed by atoms with Crippen molar-refractivity contribution in [3.8, 4) is 0 Å². The zero-order valence-electron chi connectivity index (χ0n) is 10.4. The summed E-state index contributed by atoms with van der Waals surface area (Å²) in [5, 5.41) is 0. The molecule has 5 heteroatoms. The Labute approximate surface area is 117 Å². The van der Waals surface area contributed by atoms with E-state index in [1.54, 1.807) is 0 Å². The Morgan fingerprint density at radius 2 is 1.40 bits per heavy atom. The molecule has 0 aliphatic carbocycles. The van der Waals surface area contributed by atoms with E-state index in [1.165, 1.54) is 13.1 Å². The first-order valence-electron chi connectivity index (χ1n) is 5.18. The Morgan fingerprint density at radius 3 is 1.67 bits per heavy atom. The van der Waals surface area contributed by atoms with Crippen molar-refractivity contribution in [3.63, 3.8) is 0 Å². The van der Waals surface area contributed by atoms with Gasteiger partial charge < -0.3 is 24.8 Å². The van der Waals surface area contributed by atoms with Crippen molar-refractivity contribution in [1.82, 2.24) is 3.38 Å². The molecule has 0 saturated heterocycles. The maximum Gasteiger partial charge on any atom is -1.00 e. The monoisotopic (exact) mass is 291 g/mol. The molecule has 0 aliphatic heterocycles. The summed E-state index contributed by atoms with van der Waals surface area (Å²) in [4.78, 5) is 0. The molecule has 0 aromatic heterocycles. The third-order valence-corrected chi connectivity index (χ3v) is 3.13. The van der Waals surface area contributed by atoms with E-state index < -0.39 is 0 Å². The van der Waals surface area contributed by atoms with Crippen LogP contribution in [0.15, 0.2) is 0 Å². The fourth-order valence-corrected chi connectivity index (χ4v) is 3.05. The summed E-state index contributed by atoms with van der Waals surface area (Å²) >= 11 is -0.306. The van der Waals surface area contributed by atoms with Crippen LogP contribution in [-0.2, 0) is 23.1 Å². The molecule has 0 saturated carbocycles. The summed E-state index contributed by atoms with van der Waals surface area (Å²) in [5.41, 5.74) is 0. The molecule has 0 aromatic carbocycles. The van der Waals surface area contributed by atoms with Gasteiger partial charge in [-0.05, 0) is 0 Å². The maximum absolute atomic E-state index is 5.55. The average molecular weight is 292 g/mol. The summed E-state index contributed by atoms with van der Waals surface area (Å²) in [6.07, 6.45) is 0. The second-order valence-corrected chi connectivity index (χ2v) is 5.94. The van der Waals surface area contributed by atoms with Gasteiger partial charge in [0.2, 0.25) is 0 Å². The largest absolute Gasteiger partial charge is 1.00 e. The van der Waals surface area contributed by atoms with Crippen LogP contribution in [0.2, 0.25) is 0 Å². The minimum Gasteiger partial charge on any atom is -1.00 e.